The first kappa shape index (κ1) is 27.7. The van der Waals surface area contributed by atoms with Gasteiger partial charge in [-0.15, -0.1) is 0 Å². The maximum absolute atomic E-state index is 12.4. The monoisotopic (exact) mass is 558 g/mol. The fourth-order valence-electron chi connectivity index (χ4n) is 4.37. The second-order valence-electron chi connectivity index (χ2n) is 9.14. The fraction of sp³-hybridized carbons (Fsp3) is 0.444. The standard InChI is InChI=1S/C27H35BrN4O4/c1-2-32(17-26(34)35)16-22-13-21(11-12-24(22)29)27(20-9-6-10-23(28)14-20)31-36-18-25(33)30-15-19-7-4-3-5-8-19/h6,9-14,19H,2-5,7-8,15-18,29H2,1H3,(H,30,33)(H,34,35). The average Bonchev–Trinajstić information content (AvgIpc) is 2.86. The van der Waals surface area contributed by atoms with Gasteiger partial charge >= 0.3 is 5.97 Å². The van der Waals surface area contributed by atoms with Crippen LogP contribution in [0.1, 0.15) is 55.7 Å². The molecule has 36 heavy (non-hydrogen) atoms. The Bertz CT molecular complexity index is 1070. The summed E-state index contributed by atoms with van der Waals surface area (Å²) in [6.07, 6.45) is 6.06. The minimum Gasteiger partial charge on any atom is -0.480 e. The molecule has 0 saturated heterocycles. The molecule has 1 amide bonds. The van der Waals surface area contributed by atoms with E-state index in [-0.39, 0.29) is 19.1 Å². The molecule has 1 saturated carbocycles. The van der Waals surface area contributed by atoms with Gasteiger partial charge in [-0.1, -0.05) is 65.5 Å². The van der Waals surface area contributed by atoms with E-state index in [1.807, 2.05) is 43.3 Å². The number of anilines is 1. The molecule has 0 atom stereocenters. The number of benzene rings is 2. The van der Waals surface area contributed by atoms with E-state index in [9.17, 15) is 14.7 Å². The Morgan fingerprint density at radius 3 is 2.61 bits per heavy atom. The second kappa shape index (κ2) is 14.0. The number of likely N-dealkylation sites (N-methyl/N-ethyl adjacent to an activating group) is 1. The van der Waals surface area contributed by atoms with Gasteiger partial charge in [-0.3, -0.25) is 14.5 Å². The zero-order valence-electron chi connectivity index (χ0n) is 20.7. The number of nitrogens with one attached hydrogen (secondary N) is 1. The molecule has 0 heterocycles. The molecule has 4 N–H and O–H groups in total. The molecule has 0 bridgehead atoms. The molecule has 2 aromatic carbocycles. The highest BCUT2D eigenvalue weighted by molar-refractivity contribution is 9.10. The molecule has 1 fully saturated rings. The highest BCUT2D eigenvalue weighted by Gasteiger charge is 2.16. The molecule has 1 aliphatic carbocycles. The third-order valence-corrected chi connectivity index (χ3v) is 6.87. The van der Waals surface area contributed by atoms with E-state index in [1.54, 1.807) is 11.0 Å². The summed E-state index contributed by atoms with van der Waals surface area (Å²) in [6, 6.07) is 13.2. The third kappa shape index (κ3) is 8.64. The molecule has 0 radical (unpaired) electrons. The summed E-state index contributed by atoms with van der Waals surface area (Å²) in [7, 11) is 0. The van der Waals surface area contributed by atoms with Gasteiger partial charge in [0, 0.05) is 34.4 Å². The van der Waals surface area contributed by atoms with Gasteiger partial charge in [-0.2, -0.15) is 0 Å². The number of nitrogens with zero attached hydrogens (tertiary/aromatic N) is 2. The fourth-order valence-corrected chi connectivity index (χ4v) is 4.76. The van der Waals surface area contributed by atoms with Crippen molar-refractivity contribution in [3.8, 4) is 0 Å². The van der Waals surface area contributed by atoms with Gasteiger partial charge in [0.15, 0.2) is 6.61 Å². The lowest BCUT2D eigenvalue weighted by Gasteiger charge is -2.21. The van der Waals surface area contributed by atoms with Crippen LogP contribution in [0.15, 0.2) is 52.1 Å². The van der Waals surface area contributed by atoms with Crippen molar-refractivity contribution in [1.82, 2.24) is 10.2 Å². The van der Waals surface area contributed by atoms with Crippen molar-refractivity contribution in [1.29, 1.82) is 0 Å². The Balaban J connectivity index is 1.76. The number of hydrogen-bond donors (Lipinski definition) is 3. The molecular weight excluding hydrogens is 524 g/mol. The third-order valence-electron chi connectivity index (χ3n) is 6.38. The number of nitrogens with two attached hydrogens (primary N) is 1. The van der Waals surface area contributed by atoms with Gasteiger partial charge in [0.1, 0.15) is 5.71 Å². The van der Waals surface area contributed by atoms with Crippen LogP contribution < -0.4 is 11.1 Å². The van der Waals surface area contributed by atoms with E-state index < -0.39 is 5.97 Å². The van der Waals surface area contributed by atoms with Crippen LogP contribution in [0.25, 0.3) is 0 Å². The highest BCUT2D eigenvalue weighted by Crippen LogP contribution is 2.23. The maximum atomic E-state index is 12.4. The van der Waals surface area contributed by atoms with E-state index in [0.29, 0.717) is 37.0 Å². The van der Waals surface area contributed by atoms with Crippen LogP contribution in [0.4, 0.5) is 5.69 Å². The molecule has 1 aliphatic rings. The van der Waals surface area contributed by atoms with Crippen molar-refractivity contribution >= 4 is 39.2 Å². The Hall–Kier alpha value is -2.91. The number of carbonyl (C=O) groups is 2. The van der Waals surface area contributed by atoms with Crippen LogP contribution >= 0.6 is 15.9 Å². The van der Waals surface area contributed by atoms with Gasteiger partial charge in [0.25, 0.3) is 5.91 Å². The van der Waals surface area contributed by atoms with E-state index in [0.717, 1.165) is 34.0 Å². The lowest BCUT2D eigenvalue weighted by Crippen LogP contribution is -2.32. The largest absolute Gasteiger partial charge is 0.480 e. The van der Waals surface area contributed by atoms with Crippen LogP contribution in [0.2, 0.25) is 0 Å². The SMILES string of the molecule is CCN(CC(=O)O)Cc1cc(C(=NOCC(=O)NCC2CCCCC2)c2cccc(Br)c2)ccc1N. The smallest absolute Gasteiger partial charge is 0.317 e. The molecule has 2 aromatic rings. The molecule has 0 spiro atoms. The lowest BCUT2D eigenvalue weighted by molar-refractivity contribution is -0.138. The van der Waals surface area contributed by atoms with Gasteiger partial charge in [0.2, 0.25) is 0 Å². The minimum atomic E-state index is -0.891. The summed E-state index contributed by atoms with van der Waals surface area (Å²) in [6.45, 7) is 3.29. The van der Waals surface area contributed by atoms with Crippen LogP contribution in [0.5, 0.6) is 0 Å². The van der Waals surface area contributed by atoms with E-state index in [2.05, 4.69) is 26.4 Å². The van der Waals surface area contributed by atoms with Crippen molar-refractivity contribution in [3.63, 3.8) is 0 Å². The highest BCUT2D eigenvalue weighted by atomic mass is 79.9. The summed E-state index contributed by atoms with van der Waals surface area (Å²) < 4.78 is 0.882. The normalized spacial score (nSPS) is 14.6. The lowest BCUT2D eigenvalue weighted by atomic mass is 9.89. The molecule has 0 aliphatic heterocycles. The Labute approximate surface area is 221 Å². The number of nitrogen functional groups attached to an aromatic ring is 1. The number of aliphatic carboxylic acids is 1. The minimum absolute atomic E-state index is 0.0776. The average molecular weight is 560 g/mol. The van der Waals surface area contributed by atoms with E-state index in [4.69, 9.17) is 10.6 Å². The summed E-state index contributed by atoms with van der Waals surface area (Å²) >= 11 is 3.50. The van der Waals surface area contributed by atoms with Gasteiger partial charge in [0.05, 0.1) is 6.54 Å². The number of hydrogen-bond acceptors (Lipinski definition) is 6. The number of rotatable bonds is 12. The first-order valence-electron chi connectivity index (χ1n) is 12.4. The Morgan fingerprint density at radius 1 is 1.17 bits per heavy atom. The van der Waals surface area contributed by atoms with Crippen molar-refractivity contribution in [2.45, 2.75) is 45.6 Å². The van der Waals surface area contributed by atoms with Gasteiger partial charge < -0.3 is 21.0 Å². The number of carboxylic acid groups (broad SMARTS) is 1. The second-order valence-corrected chi connectivity index (χ2v) is 10.1. The van der Waals surface area contributed by atoms with Crippen molar-refractivity contribution < 1.29 is 19.5 Å². The van der Waals surface area contributed by atoms with Crippen LogP contribution in [-0.2, 0) is 21.0 Å². The van der Waals surface area contributed by atoms with Crippen molar-refractivity contribution in [2.75, 3.05) is 32.0 Å². The van der Waals surface area contributed by atoms with Crippen molar-refractivity contribution in [3.05, 3.63) is 63.6 Å². The quantitative estimate of drug-likeness (QED) is 0.202. The van der Waals surface area contributed by atoms with Gasteiger partial charge in [-0.05, 0) is 55.1 Å². The zero-order valence-corrected chi connectivity index (χ0v) is 22.3. The molecule has 3 rings (SSSR count). The number of halogens is 1. The van der Waals surface area contributed by atoms with Crippen LogP contribution in [0.3, 0.4) is 0 Å². The van der Waals surface area contributed by atoms with E-state index >= 15 is 0 Å². The zero-order chi connectivity index (χ0) is 25.9. The number of oxime groups is 1. The van der Waals surface area contributed by atoms with Crippen molar-refractivity contribution in [2.24, 2.45) is 11.1 Å². The number of carbonyl (C=O) groups excluding carboxylic acids is 1. The topological polar surface area (TPSA) is 117 Å². The molecular formula is C27H35BrN4O4. The molecule has 8 nitrogen and oxygen atoms in total. The predicted octanol–water partition coefficient (Wildman–Crippen LogP) is 4.40. The Morgan fingerprint density at radius 2 is 1.92 bits per heavy atom. The summed E-state index contributed by atoms with van der Waals surface area (Å²) in [5, 5.41) is 16.5. The summed E-state index contributed by atoms with van der Waals surface area (Å²) in [5.41, 5.74) is 9.70. The molecule has 9 heteroatoms. The summed E-state index contributed by atoms with van der Waals surface area (Å²) in [5.74, 6) is -0.540. The first-order chi connectivity index (χ1) is 17.4. The van der Waals surface area contributed by atoms with Gasteiger partial charge in [-0.25, -0.2) is 0 Å². The number of amides is 1. The predicted molar refractivity (Wildman–Crippen MR) is 145 cm³/mol. The van der Waals surface area contributed by atoms with Crippen LogP contribution in [0, 0.1) is 5.92 Å². The number of carboxylic acids is 1. The summed E-state index contributed by atoms with van der Waals surface area (Å²) in [4.78, 5) is 30.9. The maximum Gasteiger partial charge on any atom is 0.317 e. The first-order valence-corrected chi connectivity index (χ1v) is 13.2. The molecule has 0 unspecified atom stereocenters. The molecule has 194 valence electrons. The molecule has 0 aromatic heterocycles. The Kier molecular flexibility index (Phi) is 10.8. The van der Waals surface area contributed by atoms with Crippen LogP contribution in [-0.4, -0.2) is 53.8 Å². The van der Waals surface area contributed by atoms with E-state index in [1.165, 1.54) is 19.3 Å².